The van der Waals surface area contributed by atoms with E-state index in [2.05, 4.69) is 63.3 Å². The van der Waals surface area contributed by atoms with E-state index in [0.29, 0.717) is 6.04 Å². The summed E-state index contributed by atoms with van der Waals surface area (Å²) in [4.78, 5) is 2.88. The van der Waals surface area contributed by atoms with Gasteiger partial charge in [0.05, 0.1) is 6.04 Å². The fraction of sp³-hybridized carbons (Fsp3) is 0.412. The third-order valence-electron chi connectivity index (χ3n) is 3.30. The first-order chi connectivity index (χ1) is 9.13. The average Bonchev–Trinajstić information content (AvgIpc) is 2.83. The predicted molar refractivity (Wildman–Crippen MR) is 85.1 cm³/mol. The van der Waals surface area contributed by atoms with Crippen molar-refractivity contribution < 1.29 is 0 Å². The molecule has 0 fully saturated rings. The summed E-state index contributed by atoms with van der Waals surface area (Å²) in [5.74, 6) is 0. The van der Waals surface area contributed by atoms with Gasteiger partial charge in [0.25, 0.3) is 0 Å². The maximum Gasteiger partial charge on any atom is 0.0671 e. The number of nitrogens with one attached hydrogen (secondary N) is 1. The molecule has 1 aromatic heterocycles. The summed E-state index contributed by atoms with van der Waals surface area (Å²) in [6, 6.07) is 11.7. The van der Waals surface area contributed by atoms with Gasteiger partial charge in [-0.25, -0.2) is 0 Å². The Bertz CT molecular complexity index is 522. The lowest BCUT2D eigenvalue weighted by atomic mass is 10.00. The number of hydrogen-bond acceptors (Lipinski definition) is 2. The summed E-state index contributed by atoms with van der Waals surface area (Å²) in [6.45, 7) is 9.71. The summed E-state index contributed by atoms with van der Waals surface area (Å²) in [6.07, 6.45) is 1.12. The molecule has 1 unspecified atom stereocenters. The van der Waals surface area contributed by atoms with E-state index in [9.17, 15) is 0 Å². The maximum atomic E-state index is 3.62. The van der Waals surface area contributed by atoms with Gasteiger partial charge in [0.1, 0.15) is 0 Å². The van der Waals surface area contributed by atoms with Gasteiger partial charge in [-0.15, -0.1) is 11.3 Å². The van der Waals surface area contributed by atoms with Crippen LogP contribution in [0.15, 0.2) is 30.3 Å². The van der Waals surface area contributed by atoms with E-state index < -0.39 is 0 Å². The van der Waals surface area contributed by atoms with Gasteiger partial charge in [0.15, 0.2) is 0 Å². The Morgan fingerprint density at radius 1 is 1.05 bits per heavy atom. The van der Waals surface area contributed by atoms with Crippen LogP contribution in [0.1, 0.15) is 46.3 Å². The summed E-state index contributed by atoms with van der Waals surface area (Å²) < 4.78 is 0. The quantitative estimate of drug-likeness (QED) is 0.837. The second kappa shape index (κ2) is 6.36. The monoisotopic (exact) mass is 273 g/mol. The minimum Gasteiger partial charge on any atom is -0.306 e. The molecule has 0 saturated carbocycles. The Balaban J connectivity index is 2.38. The van der Waals surface area contributed by atoms with Gasteiger partial charge in [-0.1, -0.05) is 43.2 Å². The normalized spacial score (nSPS) is 12.6. The van der Waals surface area contributed by atoms with Gasteiger partial charge < -0.3 is 5.32 Å². The molecule has 0 bridgehead atoms. The van der Waals surface area contributed by atoms with Crippen molar-refractivity contribution in [3.63, 3.8) is 0 Å². The van der Waals surface area contributed by atoms with Crippen LogP contribution in [0.3, 0.4) is 0 Å². The van der Waals surface area contributed by atoms with Crippen LogP contribution in [-0.4, -0.2) is 6.54 Å². The molecule has 0 saturated heterocycles. The van der Waals surface area contributed by atoms with Crippen LogP contribution in [0, 0.1) is 13.8 Å². The van der Waals surface area contributed by atoms with Crippen molar-refractivity contribution in [3.05, 3.63) is 56.8 Å². The number of rotatable bonds is 5. The Morgan fingerprint density at radius 2 is 1.74 bits per heavy atom. The molecule has 0 amide bonds. The van der Waals surface area contributed by atoms with Crippen LogP contribution in [-0.2, 0) is 6.42 Å². The zero-order valence-electron chi connectivity index (χ0n) is 12.3. The molecule has 1 aromatic carbocycles. The fourth-order valence-electron chi connectivity index (χ4n) is 2.50. The van der Waals surface area contributed by atoms with Crippen LogP contribution in [0.25, 0.3) is 0 Å². The standard InChI is InChI=1S/C17H23NS/c1-5-15-7-8-16(19-15)17(18-6-2)14-10-12(3)9-13(4)11-14/h7-11,17-18H,5-6H2,1-4H3. The minimum atomic E-state index is 0.328. The molecule has 2 rings (SSSR count). The van der Waals surface area contributed by atoms with Gasteiger partial charge in [0, 0.05) is 9.75 Å². The lowest BCUT2D eigenvalue weighted by molar-refractivity contribution is 0.639. The fourth-order valence-corrected chi connectivity index (χ4v) is 3.56. The van der Waals surface area contributed by atoms with Crippen LogP contribution < -0.4 is 5.32 Å². The van der Waals surface area contributed by atoms with Crippen molar-refractivity contribution in [2.24, 2.45) is 0 Å². The molecule has 0 spiro atoms. The lowest BCUT2D eigenvalue weighted by Gasteiger charge is -2.18. The lowest BCUT2D eigenvalue weighted by Crippen LogP contribution is -2.21. The van der Waals surface area contributed by atoms with Crippen molar-refractivity contribution in [2.45, 2.75) is 40.2 Å². The van der Waals surface area contributed by atoms with Crippen molar-refractivity contribution in [3.8, 4) is 0 Å². The number of hydrogen-bond donors (Lipinski definition) is 1. The molecule has 2 heteroatoms. The molecule has 2 aromatic rings. The van der Waals surface area contributed by atoms with E-state index >= 15 is 0 Å². The van der Waals surface area contributed by atoms with E-state index in [1.54, 1.807) is 0 Å². The highest BCUT2D eigenvalue weighted by molar-refractivity contribution is 7.12. The highest BCUT2D eigenvalue weighted by Crippen LogP contribution is 2.29. The second-order valence-electron chi connectivity index (χ2n) is 5.07. The zero-order valence-corrected chi connectivity index (χ0v) is 13.1. The van der Waals surface area contributed by atoms with E-state index in [-0.39, 0.29) is 0 Å². The molecule has 19 heavy (non-hydrogen) atoms. The molecular weight excluding hydrogens is 250 g/mol. The molecule has 1 N–H and O–H groups in total. The Labute approximate surface area is 120 Å². The summed E-state index contributed by atoms with van der Waals surface area (Å²) in [5, 5.41) is 3.62. The highest BCUT2D eigenvalue weighted by atomic mass is 32.1. The van der Waals surface area contributed by atoms with Crippen molar-refractivity contribution >= 4 is 11.3 Å². The molecular formula is C17H23NS. The second-order valence-corrected chi connectivity index (χ2v) is 6.27. The average molecular weight is 273 g/mol. The van der Waals surface area contributed by atoms with E-state index in [1.807, 2.05) is 11.3 Å². The van der Waals surface area contributed by atoms with Crippen LogP contribution in [0.4, 0.5) is 0 Å². The highest BCUT2D eigenvalue weighted by Gasteiger charge is 2.15. The largest absolute Gasteiger partial charge is 0.306 e. The van der Waals surface area contributed by atoms with Gasteiger partial charge >= 0.3 is 0 Å². The summed E-state index contributed by atoms with van der Waals surface area (Å²) in [5.41, 5.74) is 4.05. The summed E-state index contributed by atoms with van der Waals surface area (Å²) in [7, 11) is 0. The first kappa shape index (κ1) is 14.3. The van der Waals surface area contributed by atoms with Crippen molar-refractivity contribution in [1.29, 1.82) is 0 Å². The molecule has 102 valence electrons. The summed E-state index contributed by atoms with van der Waals surface area (Å²) >= 11 is 1.92. The number of benzene rings is 1. The van der Waals surface area contributed by atoms with Gasteiger partial charge in [-0.05, 0) is 44.5 Å². The number of thiophene rings is 1. The maximum absolute atomic E-state index is 3.62. The zero-order chi connectivity index (χ0) is 13.8. The number of aryl methyl sites for hydroxylation is 3. The van der Waals surface area contributed by atoms with Crippen LogP contribution in [0.2, 0.25) is 0 Å². The first-order valence-electron chi connectivity index (χ1n) is 7.04. The first-order valence-corrected chi connectivity index (χ1v) is 7.85. The minimum absolute atomic E-state index is 0.328. The molecule has 0 aliphatic rings. The van der Waals surface area contributed by atoms with Gasteiger partial charge in [-0.3, -0.25) is 0 Å². The smallest absolute Gasteiger partial charge is 0.0671 e. The topological polar surface area (TPSA) is 12.0 Å². The Kier molecular flexibility index (Phi) is 4.78. The van der Waals surface area contributed by atoms with E-state index in [0.717, 1.165) is 13.0 Å². The SMILES string of the molecule is CCNC(c1cc(C)cc(C)c1)c1ccc(CC)s1. The third-order valence-corrected chi connectivity index (χ3v) is 4.60. The van der Waals surface area contributed by atoms with Crippen LogP contribution in [0.5, 0.6) is 0 Å². The van der Waals surface area contributed by atoms with Crippen molar-refractivity contribution in [1.82, 2.24) is 5.32 Å². The molecule has 1 atom stereocenters. The molecule has 1 heterocycles. The van der Waals surface area contributed by atoms with E-state index in [1.165, 1.54) is 26.4 Å². The van der Waals surface area contributed by atoms with Gasteiger partial charge in [-0.2, -0.15) is 0 Å². The van der Waals surface area contributed by atoms with Gasteiger partial charge in [0.2, 0.25) is 0 Å². The van der Waals surface area contributed by atoms with Crippen molar-refractivity contribution in [2.75, 3.05) is 6.54 Å². The van der Waals surface area contributed by atoms with Crippen LogP contribution >= 0.6 is 11.3 Å². The molecule has 1 nitrogen and oxygen atoms in total. The molecule has 0 radical (unpaired) electrons. The Morgan fingerprint density at radius 3 is 2.26 bits per heavy atom. The molecule has 0 aliphatic heterocycles. The molecule has 0 aliphatic carbocycles. The predicted octanol–water partition coefficient (Wildman–Crippen LogP) is 4.63. The Hall–Kier alpha value is -1.12. The third kappa shape index (κ3) is 3.46. The van der Waals surface area contributed by atoms with E-state index in [4.69, 9.17) is 0 Å².